The van der Waals surface area contributed by atoms with Crippen molar-refractivity contribution in [3.63, 3.8) is 0 Å². The molecule has 0 saturated heterocycles. The van der Waals surface area contributed by atoms with Gasteiger partial charge in [-0.25, -0.2) is 13.7 Å². The number of hydrogen-bond donors (Lipinski definition) is 8. The molecule has 0 aromatic heterocycles. The smallest absolute Gasteiger partial charge is 0.466 e. The van der Waals surface area contributed by atoms with Gasteiger partial charge >= 0.3 is 35.4 Å². The molecule has 0 amide bonds. The first-order valence-electron chi connectivity index (χ1n) is 25.4. The predicted octanol–water partition coefficient (Wildman–Crippen LogP) is 9.00. The van der Waals surface area contributed by atoms with Gasteiger partial charge < -0.3 is 49.3 Å². The van der Waals surface area contributed by atoms with Crippen LogP contribution in [0.4, 0.5) is 0 Å². The van der Waals surface area contributed by atoms with E-state index < -0.39 is 91.2 Å². The number of carbonyl (C=O) groups excluding carboxylic acids is 3. The molecule has 1 aliphatic carbocycles. The van der Waals surface area contributed by atoms with Crippen molar-refractivity contribution in [2.45, 2.75) is 249 Å². The fourth-order valence-electron chi connectivity index (χ4n) is 7.92. The molecule has 24 heteroatoms. The van der Waals surface area contributed by atoms with Gasteiger partial charge in [0.15, 0.2) is 5.12 Å². The SMILES string of the molecule is CCCCCCCCCCCCCCCC(=O)O[C@@H](COP(=O)(O)OC1C(O)[C@H](OP(=O)(O)O)C(OP(=O)(O)O)[C@H](O)[C@@H]1O)CC(=O)OCCCCCCCCCCCCCCCSC(=O)CCC. The van der Waals surface area contributed by atoms with Crippen LogP contribution < -0.4 is 0 Å². The summed E-state index contributed by atoms with van der Waals surface area (Å²) in [5.74, 6) is -0.589. The molecule has 8 N–H and O–H groups in total. The molecule has 0 aromatic carbocycles. The minimum absolute atomic E-state index is 0.0166. The topological polar surface area (TPSA) is 320 Å². The van der Waals surface area contributed by atoms with Gasteiger partial charge in [0.2, 0.25) is 0 Å². The van der Waals surface area contributed by atoms with Crippen molar-refractivity contribution in [2.75, 3.05) is 19.0 Å². The summed E-state index contributed by atoms with van der Waals surface area (Å²) in [7, 11) is -16.6. The number of carbonyl (C=O) groups is 3. The van der Waals surface area contributed by atoms with Crippen LogP contribution in [0.5, 0.6) is 0 Å². The highest BCUT2D eigenvalue weighted by molar-refractivity contribution is 8.13. The van der Waals surface area contributed by atoms with E-state index in [0.29, 0.717) is 24.4 Å². The lowest BCUT2D eigenvalue weighted by atomic mass is 9.85. The molecule has 0 radical (unpaired) electrons. The van der Waals surface area contributed by atoms with Crippen LogP contribution in [0.1, 0.15) is 206 Å². The monoisotopic (exact) mass is 1070 g/mol. The zero-order valence-electron chi connectivity index (χ0n) is 41.1. The fraction of sp³-hybridized carbons (Fsp3) is 0.933. The highest BCUT2D eigenvalue weighted by Crippen LogP contribution is 2.51. The second-order valence-electron chi connectivity index (χ2n) is 18.0. The minimum atomic E-state index is -5.61. The van der Waals surface area contributed by atoms with Crippen molar-refractivity contribution in [1.82, 2.24) is 0 Å². The maximum absolute atomic E-state index is 13.1. The molecule has 1 aliphatic rings. The van der Waals surface area contributed by atoms with Crippen molar-refractivity contribution >= 4 is 52.3 Å². The lowest BCUT2D eigenvalue weighted by Crippen LogP contribution is -2.65. The van der Waals surface area contributed by atoms with Gasteiger partial charge in [-0.2, -0.15) is 0 Å². The molecule has 4 unspecified atom stereocenters. The van der Waals surface area contributed by atoms with Crippen molar-refractivity contribution in [3.05, 3.63) is 0 Å². The average molecular weight is 1070 g/mol. The maximum Gasteiger partial charge on any atom is 0.472 e. The summed E-state index contributed by atoms with van der Waals surface area (Å²) in [5.41, 5.74) is 0. The van der Waals surface area contributed by atoms with Crippen molar-refractivity contribution in [3.8, 4) is 0 Å². The Balaban J connectivity index is 2.65. The molecular weight excluding hydrogens is 985 g/mol. The first-order chi connectivity index (χ1) is 32.7. The molecule has 0 bridgehead atoms. The molecule has 1 fully saturated rings. The third kappa shape index (κ3) is 35.1. The standard InChI is InChI=1S/C45H87O20P3S/c1-3-5-6-7-8-9-10-12-15-18-21-24-27-31-37(46)62-36(34-38(47)60-32-28-25-22-19-16-13-11-14-17-20-23-26-29-33-69-39(48)30-4-2)35-61-68(58,59)65-43-40(49)41(50)44(63-66(52,53)54)45(42(43)51)64-67(55,56)57/h36,40-45,49-51H,3-35H2,1-2H3,(H,58,59)(H2,52,53,54)(H2,55,56,57)/t36-,40+,41-,42?,43?,44?,45+/m1/s1. The van der Waals surface area contributed by atoms with Crippen LogP contribution in [-0.2, 0) is 55.6 Å². The van der Waals surface area contributed by atoms with E-state index in [2.05, 4.69) is 16.0 Å². The maximum atomic E-state index is 13.1. The van der Waals surface area contributed by atoms with Gasteiger partial charge in [0.05, 0.1) is 19.6 Å². The Morgan fingerprint density at radius 2 is 0.913 bits per heavy atom. The van der Waals surface area contributed by atoms with Crippen molar-refractivity contribution in [1.29, 1.82) is 0 Å². The van der Waals surface area contributed by atoms with Crippen molar-refractivity contribution in [2.24, 2.45) is 0 Å². The van der Waals surface area contributed by atoms with E-state index in [4.69, 9.17) is 18.5 Å². The molecular formula is C45H87O20P3S. The minimum Gasteiger partial charge on any atom is -0.466 e. The largest absolute Gasteiger partial charge is 0.472 e. The quantitative estimate of drug-likeness (QED) is 0.0160. The highest BCUT2D eigenvalue weighted by atomic mass is 32.2. The number of aliphatic hydroxyl groups excluding tert-OH is 3. The molecule has 0 heterocycles. The second kappa shape index (κ2) is 38.7. The third-order valence-corrected chi connectivity index (χ3v) is 14.7. The number of aliphatic hydroxyl groups is 3. The predicted molar refractivity (Wildman–Crippen MR) is 261 cm³/mol. The molecule has 1 saturated carbocycles. The number of hydrogen-bond acceptors (Lipinski definition) is 16. The molecule has 408 valence electrons. The van der Waals surface area contributed by atoms with Gasteiger partial charge in [0, 0.05) is 18.6 Å². The number of thioether (sulfide) groups is 1. The molecule has 20 nitrogen and oxygen atoms in total. The van der Waals surface area contributed by atoms with E-state index in [1.807, 2.05) is 6.92 Å². The van der Waals surface area contributed by atoms with Crippen LogP contribution in [0.2, 0.25) is 0 Å². The van der Waals surface area contributed by atoms with Crippen LogP contribution in [0.15, 0.2) is 0 Å². The summed E-state index contributed by atoms with van der Waals surface area (Å²) in [4.78, 5) is 85.1. The summed E-state index contributed by atoms with van der Waals surface area (Å²) in [6.07, 6.45) is 12.7. The molecule has 0 spiro atoms. The zero-order chi connectivity index (χ0) is 51.6. The van der Waals surface area contributed by atoms with E-state index in [1.165, 1.54) is 88.8 Å². The molecule has 0 aromatic rings. The van der Waals surface area contributed by atoms with Gasteiger partial charge in [0.1, 0.15) is 42.7 Å². The lowest BCUT2D eigenvalue weighted by Gasteiger charge is -2.44. The lowest BCUT2D eigenvalue weighted by molar-refractivity contribution is -0.213. The Morgan fingerprint density at radius 3 is 1.38 bits per heavy atom. The molecule has 0 aliphatic heterocycles. The summed E-state index contributed by atoms with van der Waals surface area (Å²) in [6, 6.07) is 0. The van der Waals surface area contributed by atoms with Gasteiger partial charge in [-0.1, -0.05) is 173 Å². The van der Waals surface area contributed by atoms with Crippen LogP contribution >= 0.6 is 35.2 Å². The van der Waals surface area contributed by atoms with Crippen LogP contribution in [-0.4, -0.2) is 119 Å². The Bertz CT molecular complexity index is 1520. The van der Waals surface area contributed by atoms with E-state index in [9.17, 15) is 67.9 Å². The van der Waals surface area contributed by atoms with Crippen LogP contribution in [0.25, 0.3) is 0 Å². The molecule has 8 atom stereocenters. The van der Waals surface area contributed by atoms with Crippen LogP contribution in [0.3, 0.4) is 0 Å². The van der Waals surface area contributed by atoms with E-state index in [0.717, 1.165) is 89.2 Å². The van der Waals surface area contributed by atoms with Crippen molar-refractivity contribution < 1.29 is 95.4 Å². The first kappa shape index (κ1) is 66.2. The molecule has 69 heavy (non-hydrogen) atoms. The van der Waals surface area contributed by atoms with Gasteiger partial charge in [-0.15, -0.1) is 0 Å². The highest BCUT2D eigenvalue weighted by Gasteiger charge is 2.56. The van der Waals surface area contributed by atoms with E-state index >= 15 is 0 Å². The Morgan fingerprint density at radius 1 is 0.493 bits per heavy atom. The summed E-state index contributed by atoms with van der Waals surface area (Å²) in [6.45, 7) is 3.36. The van der Waals surface area contributed by atoms with Gasteiger partial charge in [-0.05, 0) is 25.7 Å². The normalized spacial score (nSPS) is 21.2. The summed E-state index contributed by atoms with van der Waals surface area (Å²) in [5, 5.41) is 32.2. The summed E-state index contributed by atoms with van der Waals surface area (Å²) < 4.78 is 65.6. The molecule has 1 rings (SSSR count). The second-order valence-corrected chi connectivity index (χ2v) is 23.0. The number of phosphoric acid groups is 3. The van der Waals surface area contributed by atoms with E-state index in [-0.39, 0.29) is 13.0 Å². The van der Waals surface area contributed by atoms with E-state index in [1.54, 1.807) is 0 Å². The third-order valence-electron chi connectivity index (χ3n) is 11.7. The number of esters is 2. The van der Waals surface area contributed by atoms with Gasteiger partial charge in [0.25, 0.3) is 0 Å². The average Bonchev–Trinajstić information content (AvgIpc) is 3.26. The fourth-order valence-corrected chi connectivity index (χ4v) is 10.9. The number of phosphoric ester groups is 3. The number of unbranched alkanes of at least 4 members (excludes halogenated alkanes) is 24. The Kier molecular flexibility index (Phi) is 37.1. The number of ether oxygens (including phenoxy) is 2. The Hall–Kier alpha value is -0.830. The number of rotatable bonds is 44. The zero-order valence-corrected chi connectivity index (χ0v) is 44.6. The first-order valence-corrected chi connectivity index (χ1v) is 30.9. The van der Waals surface area contributed by atoms with Gasteiger partial charge in [-0.3, -0.25) is 32.5 Å². The summed E-state index contributed by atoms with van der Waals surface area (Å²) >= 11 is 1.46. The van der Waals surface area contributed by atoms with Crippen LogP contribution in [0, 0.1) is 0 Å². The Labute approximate surface area is 414 Å².